The predicted molar refractivity (Wildman–Crippen MR) is 75.2 cm³/mol. The molecule has 4 nitrogen and oxygen atoms in total. The summed E-state index contributed by atoms with van der Waals surface area (Å²) in [7, 11) is 1.75. The van der Waals surface area contributed by atoms with Gasteiger partial charge in [0.15, 0.2) is 0 Å². The van der Waals surface area contributed by atoms with Crippen molar-refractivity contribution in [2.75, 3.05) is 26.8 Å². The lowest BCUT2D eigenvalue weighted by Crippen LogP contribution is -2.17. The van der Waals surface area contributed by atoms with Crippen molar-refractivity contribution < 1.29 is 4.74 Å². The van der Waals surface area contributed by atoms with Gasteiger partial charge in [0.1, 0.15) is 0 Å². The molecule has 1 aromatic heterocycles. The summed E-state index contributed by atoms with van der Waals surface area (Å²) >= 11 is 0. The first kappa shape index (κ1) is 15.2. The highest BCUT2D eigenvalue weighted by Crippen LogP contribution is 2.19. The molecule has 0 saturated carbocycles. The van der Waals surface area contributed by atoms with Crippen LogP contribution in [0.5, 0.6) is 0 Å². The van der Waals surface area contributed by atoms with Crippen LogP contribution in [0.25, 0.3) is 0 Å². The monoisotopic (exact) mass is 253 g/mol. The molecule has 18 heavy (non-hydrogen) atoms. The highest BCUT2D eigenvalue weighted by molar-refractivity contribution is 5.25. The molecule has 1 heterocycles. The zero-order valence-corrected chi connectivity index (χ0v) is 12.4. The van der Waals surface area contributed by atoms with Crippen LogP contribution in [0.1, 0.15) is 43.3 Å². The third kappa shape index (κ3) is 3.82. The van der Waals surface area contributed by atoms with E-state index in [-0.39, 0.29) is 0 Å². The van der Waals surface area contributed by atoms with Crippen LogP contribution >= 0.6 is 0 Å². The number of hydrogen-bond acceptors (Lipinski definition) is 3. The van der Waals surface area contributed by atoms with E-state index in [4.69, 9.17) is 4.74 Å². The highest BCUT2D eigenvalue weighted by Gasteiger charge is 2.15. The quantitative estimate of drug-likeness (QED) is 0.722. The zero-order chi connectivity index (χ0) is 13.5. The van der Waals surface area contributed by atoms with Gasteiger partial charge in [-0.2, -0.15) is 5.10 Å². The van der Waals surface area contributed by atoms with Crippen molar-refractivity contribution in [3.05, 3.63) is 17.0 Å². The van der Waals surface area contributed by atoms with Crippen LogP contribution in [0, 0.1) is 13.8 Å². The molecule has 0 saturated heterocycles. The SMILES string of the molecule is CCNCCc1c(C)nn(C(C)CCOC)c1C. The first-order chi connectivity index (χ1) is 8.61. The molecule has 0 amide bonds. The van der Waals surface area contributed by atoms with Crippen molar-refractivity contribution in [1.29, 1.82) is 0 Å². The Kier molecular flexibility index (Phi) is 6.36. The fraction of sp³-hybridized carbons (Fsp3) is 0.786. The van der Waals surface area contributed by atoms with Crippen molar-refractivity contribution in [3.63, 3.8) is 0 Å². The second-order valence-corrected chi connectivity index (χ2v) is 4.83. The van der Waals surface area contributed by atoms with Crippen LogP contribution in [0.3, 0.4) is 0 Å². The van der Waals surface area contributed by atoms with Gasteiger partial charge in [-0.3, -0.25) is 4.68 Å². The van der Waals surface area contributed by atoms with E-state index in [1.807, 2.05) is 0 Å². The lowest BCUT2D eigenvalue weighted by molar-refractivity contribution is 0.178. The Morgan fingerprint density at radius 1 is 1.39 bits per heavy atom. The maximum Gasteiger partial charge on any atom is 0.0629 e. The van der Waals surface area contributed by atoms with E-state index in [0.717, 1.165) is 38.2 Å². The molecule has 0 radical (unpaired) electrons. The Hall–Kier alpha value is -0.870. The van der Waals surface area contributed by atoms with Gasteiger partial charge in [0.2, 0.25) is 0 Å². The van der Waals surface area contributed by atoms with Gasteiger partial charge in [-0.1, -0.05) is 6.92 Å². The molecule has 0 aliphatic rings. The topological polar surface area (TPSA) is 39.1 Å². The number of ether oxygens (including phenoxy) is 1. The van der Waals surface area contributed by atoms with Crippen molar-refractivity contribution in [1.82, 2.24) is 15.1 Å². The van der Waals surface area contributed by atoms with Crippen LogP contribution in [0.2, 0.25) is 0 Å². The molecule has 4 heteroatoms. The van der Waals surface area contributed by atoms with E-state index >= 15 is 0 Å². The normalized spacial score (nSPS) is 12.9. The van der Waals surface area contributed by atoms with E-state index in [9.17, 15) is 0 Å². The molecular formula is C14H27N3O. The van der Waals surface area contributed by atoms with E-state index in [0.29, 0.717) is 6.04 Å². The summed E-state index contributed by atoms with van der Waals surface area (Å²) in [5.74, 6) is 0. The van der Waals surface area contributed by atoms with E-state index in [1.165, 1.54) is 11.3 Å². The van der Waals surface area contributed by atoms with Crippen LogP contribution in [-0.4, -0.2) is 36.6 Å². The average Bonchev–Trinajstić information content (AvgIpc) is 2.64. The third-order valence-corrected chi connectivity index (χ3v) is 3.43. The van der Waals surface area contributed by atoms with Crippen LogP contribution in [0.15, 0.2) is 0 Å². The maximum atomic E-state index is 5.14. The minimum atomic E-state index is 0.400. The van der Waals surface area contributed by atoms with E-state index < -0.39 is 0 Å². The number of likely N-dealkylation sites (N-methyl/N-ethyl adjacent to an activating group) is 1. The Balaban J connectivity index is 2.73. The molecule has 104 valence electrons. The van der Waals surface area contributed by atoms with Gasteiger partial charge in [-0.15, -0.1) is 0 Å². The van der Waals surface area contributed by atoms with Gasteiger partial charge in [-0.05, 0) is 52.3 Å². The molecule has 0 aromatic carbocycles. The molecule has 1 unspecified atom stereocenters. The van der Waals surface area contributed by atoms with Gasteiger partial charge in [0, 0.05) is 19.4 Å². The summed E-state index contributed by atoms with van der Waals surface area (Å²) in [4.78, 5) is 0. The molecule has 1 rings (SSSR count). The van der Waals surface area contributed by atoms with Gasteiger partial charge < -0.3 is 10.1 Å². The van der Waals surface area contributed by atoms with Crippen molar-refractivity contribution >= 4 is 0 Å². The van der Waals surface area contributed by atoms with Gasteiger partial charge in [0.05, 0.1) is 11.7 Å². The van der Waals surface area contributed by atoms with Crippen molar-refractivity contribution in [3.8, 4) is 0 Å². The molecule has 0 fully saturated rings. The van der Waals surface area contributed by atoms with Gasteiger partial charge in [0.25, 0.3) is 0 Å². The van der Waals surface area contributed by atoms with E-state index in [1.54, 1.807) is 7.11 Å². The smallest absolute Gasteiger partial charge is 0.0629 e. The Labute approximate surface area is 111 Å². The molecule has 1 aromatic rings. The zero-order valence-electron chi connectivity index (χ0n) is 12.4. The Morgan fingerprint density at radius 2 is 2.11 bits per heavy atom. The maximum absolute atomic E-state index is 5.14. The average molecular weight is 253 g/mol. The highest BCUT2D eigenvalue weighted by atomic mass is 16.5. The first-order valence-corrected chi connectivity index (χ1v) is 6.86. The van der Waals surface area contributed by atoms with Crippen molar-refractivity contribution in [2.45, 2.75) is 46.6 Å². The van der Waals surface area contributed by atoms with Gasteiger partial charge in [-0.25, -0.2) is 0 Å². The summed E-state index contributed by atoms with van der Waals surface area (Å²) in [6.07, 6.45) is 2.06. The number of aryl methyl sites for hydroxylation is 1. The largest absolute Gasteiger partial charge is 0.385 e. The standard InChI is InChI=1S/C14H27N3O/c1-6-15-9-7-14-12(3)16-17(13(14)4)11(2)8-10-18-5/h11,15H,6-10H2,1-5H3. The molecule has 0 bridgehead atoms. The predicted octanol–water partition coefficient (Wildman–Crippen LogP) is 2.25. The number of nitrogens with zero attached hydrogens (tertiary/aromatic N) is 2. The summed E-state index contributed by atoms with van der Waals surface area (Å²) in [6.45, 7) is 11.4. The lowest BCUT2D eigenvalue weighted by atomic mass is 10.1. The molecule has 0 spiro atoms. The summed E-state index contributed by atoms with van der Waals surface area (Å²) < 4.78 is 7.29. The van der Waals surface area contributed by atoms with Crippen LogP contribution < -0.4 is 5.32 Å². The summed E-state index contributed by atoms with van der Waals surface area (Å²) in [6, 6.07) is 0.400. The molecule has 0 aliphatic heterocycles. The minimum absolute atomic E-state index is 0.400. The molecular weight excluding hydrogens is 226 g/mol. The fourth-order valence-corrected chi connectivity index (χ4v) is 2.29. The number of methoxy groups -OCH3 is 1. The number of hydrogen-bond donors (Lipinski definition) is 1. The number of rotatable bonds is 8. The minimum Gasteiger partial charge on any atom is -0.385 e. The Morgan fingerprint density at radius 3 is 2.72 bits per heavy atom. The number of nitrogens with one attached hydrogen (secondary N) is 1. The second kappa shape index (κ2) is 7.54. The van der Waals surface area contributed by atoms with Crippen LogP contribution in [-0.2, 0) is 11.2 Å². The van der Waals surface area contributed by atoms with Crippen molar-refractivity contribution in [2.24, 2.45) is 0 Å². The molecule has 0 aliphatic carbocycles. The fourth-order valence-electron chi connectivity index (χ4n) is 2.29. The summed E-state index contributed by atoms with van der Waals surface area (Å²) in [5.41, 5.74) is 3.85. The van der Waals surface area contributed by atoms with E-state index in [2.05, 4.69) is 42.8 Å². The first-order valence-electron chi connectivity index (χ1n) is 6.86. The lowest BCUT2D eigenvalue weighted by Gasteiger charge is -2.14. The molecule has 1 atom stereocenters. The number of aromatic nitrogens is 2. The Bertz CT molecular complexity index is 360. The third-order valence-electron chi connectivity index (χ3n) is 3.43. The van der Waals surface area contributed by atoms with Crippen LogP contribution in [0.4, 0.5) is 0 Å². The second-order valence-electron chi connectivity index (χ2n) is 4.83. The van der Waals surface area contributed by atoms with Gasteiger partial charge >= 0.3 is 0 Å². The molecule has 1 N–H and O–H groups in total. The summed E-state index contributed by atoms with van der Waals surface area (Å²) in [5, 5.41) is 8.04.